The van der Waals surface area contributed by atoms with Crippen LogP contribution in [0.2, 0.25) is 0 Å². The van der Waals surface area contributed by atoms with Crippen LogP contribution in [0.1, 0.15) is 20.3 Å². The van der Waals surface area contributed by atoms with Crippen LogP contribution in [-0.2, 0) is 4.79 Å². The van der Waals surface area contributed by atoms with Crippen molar-refractivity contribution in [2.45, 2.75) is 25.9 Å². The highest BCUT2D eigenvalue weighted by atomic mass is 79.9. The van der Waals surface area contributed by atoms with Crippen LogP contribution in [0.15, 0.2) is 0 Å². The number of amides is 1. The predicted octanol–water partition coefficient (Wildman–Crippen LogP) is 0.659. The molecule has 0 bridgehead atoms. The van der Waals surface area contributed by atoms with Crippen molar-refractivity contribution in [3.8, 4) is 0 Å². The molecule has 0 saturated heterocycles. The van der Waals surface area contributed by atoms with E-state index in [1.54, 1.807) is 6.92 Å². The van der Waals surface area contributed by atoms with Gasteiger partial charge in [-0.05, 0) is 13.3 Å². The quantitative estimate of drug-likeness (QED) is 0.689. The lowest BCUT2D eigenvalue weighted by atomic mass is 10.0. The Labute approximate surface area is 75.3 Å². The van der Waals surface area contributed by atoms with Crippen LogP contribution in [0.4, 0.5) is 0 Å². The van der Waals surface area contributed by atoms with Crippen LogP contribution < -0.4 is 5.32 Å². The van der Waals surface area contributed by atoms with Crippen molar-refractivity contribution in [1.29, 1.82) is 0 Å². The van der Waals surface area contributed by atoms with Gasteiger partial charge in [-0.2, -0.15) is 0 Å². The first kappa shape index (κ1) is 10.9. The second kappa shape index (κ2) is 4.72. The molecule has 0 radical (unpaired) electrons. The molecular weight excluding hydrogens is 210 g/mol. The van der Waals surface area contributed by atoms with Gasteiger partial charge in [0.2, 0.25) is 5.91 Å². The third-order valence-corrected chi connectivity index (χ3v) is 2.06. The number of hydrogen-bond donors (Lipinski definition) is 2. The van der Waals surface area contributed by atoms with Crippen LogP contribution in [0.25, 0.3) is 0 Å². The van der Waals surface area contributed by atoms with E-state index in [-0.39, 0.29) is 11.2 Å². The van der Waals surface area contributed by atoms with E-state index in [1.165, 1.54) is 0 Å². The van der Waals surface area contributed by atoms with Crippen molar-refractivity contribution in [2.24, 2.45) is 0 Å². The summed E-state index contributed by atoms with van der Waals surface area (Å²) in [5.41, 5.74) is -0.780. The fourth-order valence-corrected chi connectivity index (χ4v) is 0.659. The fourth-order valence-electron chi connectivity index (χ4n) is 0.461. The summed E-state index contributed by atoms with van der Waals surface area (Å²) < 4.78 is 0. The van der Waals surface area contributed by atoms with Gasteiger partial charge in [0.25, 0.3) is 0 Å². The highest BCUT2D eigenvalue weighted by molar-refractivity contribution is 9.09. The summed E-state index contributed by atoms with van der Waals surface area (Å²) in [5, 5.41) is 12.3. The van der Waals surface area contributed by atoms with Crippen LogP contribution in [0.5, 0.6) is 0 Å². The molecule has 1 atom stereocenters. The number of nitrogens with one attached hydrogen (secondary N) is 1. The summed E-state index contributed by atoms with van der Waals surface area (Å²) in [6.07, 6.45) is 0.634. The first-order chi connectivity index (χ1) is 5.02. The van der Waals surface area contributed by atoms with Gasteiger partial charge in [0, 0.05) is 6.54 Å². The van der Waals surface area contributed by atoms with Crippen LogP contribution in [0.3, 0.4) is 0 Å². The summed E-state index contributed by atoms with van der Waals surface area (Å²) in [6, 6.07) is 0. The number of carbonyl (C=O) groups is 1. The van der Waals surface area contributed by atoms with E-state index in [4.69, 9.17) is 0 Å². The standard InChI is InChI=1S/C7H14BrNO2/c1-3-7(2,11)5-9-6(10)4-8/h11H,3-5H2,1-2H3,(H,9,10). The van der Waals surface area contributed by atoms with Gasteiger partial charge in [0.1, 0.15) is 0 Å². The number of hydrogen-bond acceptors (Lipinski definition) is 2. The Morgan fingerprint density at radius 1 is 1.73 bits per heavy atom. The van der Waals surface area contributed by atoms with E-state index in [9.17, 15) is 9.90 Å². The zero-order valence-corrected chi connectivity index (χ0v) is 8.44. The van der Waals surface area contributed by atoms with Crippen molar-refractivity contribution >= 4 is 21.8 Å². The second-order valence-electron chi connectivity index (χ2n) is 2.76. The number of aliphatic hydroxyl groups is 1. The van der Waals surface area contributed by atoms with E-state index in [2.05, 4.69) is 21.2 Å². The van der Waals surface area contributed by atoms with Crippen molar-refractivity contribution in [3.63, 3.8) is 0 Å². The minimum atomic E-state index is -0.780. The number of rotatable bonds is 4. The molecule has 0 saturated carbocycles. The fraction of sp³-hybridized carbons (Fsp3) is 0.857. The molecule has 3 nitrogen and oxygen atoms in total. The lowest BCUT2D eigenvalue weighted by molar-refractivity contribution is -0.119. The third kappa shape index (κ3) is 5.21. The molecule has 0 aliphatic heterocycles. The molecule has 0 aromatic carbocycles. The molecular formula is C7H14BrNO2. The van der Waals surface area contributed by atoms with Gasteiger partial charge >= 0.3 is 0 Å². The predicted molar refractivity (Wildman–Crippen MR) is 47.7 cm³/mol. The molecule has 1 amide bonds. The normalized spacial score (nSPS) is 15.6. The first-order valence-corrected chi connectivity index (χ1v) is 4.69. The minimum Gasteiger partial charge on any atom is -0.388 e. The average molecular weight is 224 g/mol. The SMILES string of the molecule is CCC(C)(O)CNC(=O)CBr. The maximum atomic E-state index is 10.7. The van der Waals surface area contributed by atoms with Gasteiger partial charge in [-0.25, -0.2) is 0 Å². The second-order valence-corrected chi connectivity index (χ2v) is 3.32. The summed E-state index contributed by atoms with van der Waals surface area (Å²) >= 11 is 3.01. The zero-order chi connectivity index (χ0) is 8.91. The van der Waals surface area contributed by atoms with Crippen LogP contribution >= 0.6 is 15.9 Å². The molecule has 1 unspecified atom stereocenters. The number of alkyl halides is 1. The van der Waals surface area contributed by atoms with Gasteiger partial charge in [0.15, 0.2) is 0 Å². The molecule has 2 N–H and O–H groups in total. The highest BCUT2D eigenvalue weighted by Gasteiger charge is 2.17. The maximum absolute atomic E-state index is 10.7. The summed E-state index contributed by atoms with van der Waals surface area (Å²) in [4.78, 5) is 10.7. The smallest absolute Gasteiger partial charge is 0.230 e. The lowest BCUT2D eigenvalue weighted by Crippen LogP contribution is -2.40. The van der Waals surface area contributed by atoms with E-state index in [0.717, 1.165) is 0 Å². The summed E-state index contributed by atoms with van der Waals surface area (Å²) in [7, 11) is 0. The van der Waals surface area contributed by atoms with Crippen molar-refractivity contribution in [3.05, 3.63) is 0 Å². The lowest BCUT2D eigenvalue weighted by Gasteiger charge is -2.21. The Kier molecular flexibility index (Phi) is 4.68. The topological polar surface area (TPSA) is 49.3 Å². The minimum absolute atomic E-state index is 0.0984. The molecule has 0 fully saturated rings. The molecule has 0 aliphatic carbocycles. The van der Waals surface area contributed by atoms with E-state index < -0.39 is 5.60 Å². The highest BCUT2D eigenvalue weighted by Crippen LogP contribution is 2.05. The molecule has 0 rings (SSSR count). The summed E-state index contributed by atoms with van der Waals surface area (Å²) in [6.45, 7) is 3.88. The molecule has 0 spiro atoms. The Morgan fingerprint density at radius 2 is 2.27 bits per heavy atom. The van der Waals surface area contributed by atoms with Crippen molar-refractivity contribution < 1.29 is 9.90 Å². The van der Waals surface area contributed by atoms with Crippen LogP contribution in [0, 0.1) is 0 Å². The molecule has 0 aromatic rings. The molecule has 11 heavy (non-hydrogen) atoms. The molecule has 66 valence electrons. The molecule has 0 aromatic heterocycles. The first-order valence-electron chi connectivity index (χ1n) is 3.57. The average Bonchev–Trinajstić information content (AvgIpc) is 2.00. The third-order valence-electron chi connectivity index (χ3n) is 1.55. The largest absolute Gasteiger partial charge is 0.388 e. The van der Waals surface area contributed by atoms with Gasteiger partial charge < -0.3 is 10.4 Å². The zero-order valence-electron chi connectivity index (χ0n) is 6.85. The number of carbonyl (C=O) groups excluding carboxylic acids is 1. The Morgan fingerprint density at radius 3 is 2.64 bits per heavy atom. The Hall–Kier alpha value is -0.0900. The number of halogens is 1. The van der Waals surface area contributed by atoms with E-state index >= 15 is 0 Å². The molecule has 0 heterocycles. The molecule has 0 aliphatic rings. The summed E-state index contributed by atoms with van der Waals surface area (Å²) in [5.74, 6) is -0.0984. The van der Waals surface area contributed by atoms with Gasteiger partial charge in [0.05, 0.1) is 10.9 Å². The van der Waals surface area contributed by atoms with E-state index in [1.807, 2.05) is 6.92 Å². The monoisotopic (exact) mass is 223 g/mol. The van der Waals surface area contributed by atoms with Crippen molar-refractivity contribution in [1.82, 2.24) is 5.32 Å². The van der Waals surface area contributed by atoms with Gasteiger partial charge in [-0.1, -0.05) is 22.9 Å². The van der Waals surface area contributed by atoms with E-state index in [0.29, 0.717) is 13.0 Å². The maximum Gasteiger partial charge on any atom is 0.230 e. The van der Waals surface area contributed by atoms with Gasteiger partial charge in [-0.3, -0.25) is 4.79 Å². The van der Waals surface area contributed by atoms with Crippen LogP contribution in [-0.4, -0.2) is 28.5 Å². The molecule has 4 heteroatoms. The van der Waals surface area contributed by atoms with Gasteiger partial charge in [-0.15, -0.1) is 0 Å². The Balaban J connectivity index is 3.61. The van der Waals surface area contributed by atoms with Crippen molar-refractivity contribution in [2.75, 3.05) is 11.9 Å². The Bertz CT molecular complexity index is 136.